The van der Waals surface area contributed by atoms with E-state index in [1.54, 1.807) is 30.5 Å². The maximum atomic E-state index is 12.2. The summed E-state index contributed by atoms with van der Waals surface area (Å²) in [6, 6.07) is 8.94. The highest BCUT2D eigenvalue weighted by molar-refractivity contribution is 7.22. The molecule has 3 aromatic rings. The predicted molar refractivity (Wildman–Crippen MR) is 81.0 cm³/mol. The molecular weight excluding hydrogens is 272 g/mol. The first-order valence-corrected chi connectivity index (χ1v) is 6.84. The van der Waals surface area contributed by atoms with Crippen LogP contribution in [-0.4, -0.2) is 15.9 Å². The first-order chi connectivity index (χ1) is 9.63. The van der Waals surface area contributed by atoms with Crippen LogP contribution in [0.15, 0.2) is 36.5 Å². The third-order valence-electron chi connectivity index (χ3n) is 2.92. The number of carbonyl (C=O) groups excluding carboxylic acids is 1. The van der Waals surface area contributed by atoms with Gasteiger partial charge in [0.1, 0.15) is 0 Å². The predicted octanol–water partition coefficient (Wildman–Crippen LogP) is 2.83. The Labute approximate surface area is 119 Å². The van der Waals surface area contributed by atoms with Gasteiger partial charge < -0.3 is 11.1 Å². The number of aryl methyl sites for hydroxylation is 1. The van der Waals surface area contributed by atoms with Crippen LogP contribution >= 0.6 is 11.3 Å². The van der Waals surface area contributed by atoms with E-state index in [4.69, 9.17) is 5.73 Å². The number of rotatable bonds is 2. The number of carbonyl (C=O) groups is 1. The van der Waals surface area contributed by atoms with Gasteiger partial charge in [0.15, 0.2) is 5.13 Å². The van der Waals surface area contributed by atoms with Crippen molar-refractivity contribution >= 4 is 38.3 Å². The van der Waals surface area contributed by atoms with Crippen LogP contribution in [0.5, 0.6) is 0 Å². The van der Waals surface area contributed by atoms with E-state index in [1.165, 1.54) is 11.3 Å². The second kappa shape index (κ2) is 4.90. The highest BCUT2D eigenvalue weighted by Gasteiger charge is 2.10. The van der Waals surface area contributed by atoms with Crippen molar-refractivity contribution in [3.63, 3.8) is 0 Å². The third-order valence-corrected chi connectivity index (χ3v) is 3.77. The number of anilines is 2. The van der Waals surface area contributed by atoms with Crippen LogP contribution in [0.2, 0.25) is 0 Å². The van der Waals surface area contributed by atoms with Gasteiger partial charge in [-0.2, -0.15) is 0 Å². The number of thiazole rings is 1. The molecule has 1 aromatic carbocycles. The van der Waals surface area contributed by atoms with Crippen molar-refractivity contribution in [3.8, 4) is 0 Å². The van der Waals surface area contributed by atoms with Gasteiger partial charge in [-0.1, -0.05) is 11.3 Å². The van der Waals surface area contributed by atoms with Crippen molar-refractivity contribution in [1.29, 1.82) is 0 Å². The smallest absolute Gasteiger partial charge is 0.255 e. The number of nitrogens with two attached hydrogens (primary N) is 1. The van der Waals surface area contributed by atoms with Crippen molar-refractivity contribution in [2.24, 2.45) is 0 Å². The molecule has 3 N–H and O–H groups in total. The molecule has 1 amide bonds. The van der Waals surface area contributed by atoms with Crippen LogP contribution in [0.25, 0.3) is 10.2 Å². The molecule has 5 nitrogen and oxygen atoms in total. The lowest BCUT2D eigenvalue weighted by Gasteiger charge is -2.07. The molecule has 0 bridgehead atoms. The van der Waals surface area contributed by atoms with E-state index in [2.05, 4.69) is 15.3 Å². The van der Waals surface area contributed by atoms with Crippen LogP contribution in [0, 0.1) is 6.92 Å². The first kappa shape index (κ1) is 12.6. The topological polar surface area (TPSA) is 80.9 Å². The van der Waals surface area contributed by atoms with Gasteiger partial charge in [0.2, 0.25) is 0 Å². The van der Waals surface area contributed by atoms with Crippen molar-refractivity contribution in [2.75, 3.05) is 11.1 Å². The van der Waals surface area contributed by atoms with Gasteiger partial charge in [-0.3, -0.25) is 9.78 Å². The number of nitrogens with one attached hydrogen (secondary N) is 1. The fourth-order valence-electron chi connectivity index (χ4n) is 1.89. The Bertz CT molecular complexity index is 797. The summed E-state index contributed by atoms with van der Waals surface area (Å²) in [5, 5.41) is 3.35. The molecule has 0 saturated heterocycles. The number of nitrogens with zero attached hydrogens (tertiary/aromatic N) is 2. The molecule has 6 heteroatoms. The van der Waals surface area contributed by atoms with Gasteiger partial charge in [-0.25, -0.2) is 4.98 Å². The summed E-state index contributed by atoms with van der Waals surface area (Å²) in [5.41, 5.74) is 8.53. The zero-order valence-corrected chi connectivity index (χ0v) is 11.6. The van der Waals surface area contributed by atoms with Crippen LogP contribution < -0.4 is 11.1 Å². The van der Waals surface area contributed by atoms with E-state index < -0.39 is 0 Å². The maximum absolute atomic E-state index is 12.2. The van der Waals surface area contributed by atoms with E-state index in [9.17, 15) is 4.79 Å². The Morgan fingerprint density at radius 2 is 2.20 bits per heavy atom. The number of hydrogen-bond donors (Lipinski definition) is 2. The van der Waals surface area contributed by atoms with E-state index in [0.29, 0.717) is 16.4 Å². The summed E-state index contributed by atoms with van der Waals surface area (Å²) in [6.45, 7) is 1.85. The summed E-state index contributed by atoms with van der Waals surface area (Å²) in [6.07, 6.45) is 1.69. The Morgan fingerprint density at radius 3 is 3.00 bits per heavy atom. The minimum Gasteiger partial charge on any atom is -0.375 e. The standard InChI is InChI=1S/C14H12N4OS/c1-8-10(3-2-6-16-8)17-13(19)9-4-5-11-12(7-9)20-14(15)18-11/h2-7H,1H3,(H2,15,18)(H,17,19). The SMILES string of the molecule is Cc1ncccc1NC(=O)c1ccc2nc(N)sc2c1. The van der Waals surface area contributed by atoms with Crippen LogP contribution in [0.1, 0.15) is 16.1 Å². The molecule has 0 unspecified atom stereocenters. The second-order valence-electron chi connectivity index (χ2n) is 4.33. The van der Waals surface area contributed by atoms with Gasteiger partial charge in [0.05, 0.1) is 21.6 Å². The van der Waals surface area contributed by atoms with Crippen molar-refractivity contribution in [2.45, 2.75) is 6.92 Å². The third kappa shape index (κ3) is 2.33. The molecule has 0 fully saturated rings. The summed E-state index contributed by atoms with van der Waals surface area (Å²) >= 11 is 1.37. The van der Waals surface area contributed by atoms with Crippen LogP contribution in [-0.2, 0) is 0 Å². The van der Waals surface area contributed by atoms with E-state index in [0.717, 1.165) is 15.9 Å². The Kier molecular flexibility index (Phi) is 3.08. The molecule has 100 valence electrons. The van der Waals surface area contributed by atoms with Crippen molar-refractivity contribution in [1.82, 2.24) is 9.97 Å². The molecule has 20 heavy (non-hydrogen) atoms. The van der Waals surface area contributed by atoms with Gasteiger partial charge in [0, 0.05) is 11.8 Å². The molecule has 0 atom stereocenters. The maximum Gasteiger partial charge on any atom is 0.255 e. The van der Waals surface area contributed by atoms with Gasteiger partial charge in [-0.05, 0) is 37.3 Å². The Balaban J connectivity index is 1.90. The fraction of sp³-hybridized carbons (Fsp3) is 0.0714. The van der Waals surface area contributed by atoms with E-state index >= 15 is 0 Å². The molecule has 2 heterocycles. The normalized spacial score (nSPS) is 10.7. The summed E-state index contributed by atoms with van der Waals surface area (Å²) < 4.78 is 0.901. The highest BCUT2D eigenvalue weighted by atomic mass is 32.1. The van der Waals surface area contributed by atoms with Gasteiger partial charge in [0.25, 0.3) is 5.91 Å². The summed E-state index contributed by atoms with van der Waals surface area (Å²) in [5.74, 6) is -0.171. The monoisotopic (exact) mass is 284 g/mol. The Hall–Kier alpha value is -2.47. The zero-order valence-electron chi connectivity index (χ0n) is 10.8. The molecule has 2 aromatic heterocycles. The molecular formula is C14H12N4OS. The Morgan fingerprint density at radius 1 is 1.35 bits per heavy atom. The summed E-state index contributed by atoms with van der Waals surface area (Å²) in [7, 11) is 0. The number of hydrogen-bond acceptors (Lipinski definition) is 5. The van der Waals surface area contributed by atoms with E-state index in [-0.39, 0.29) is 5.91 Å². The molecule has 0 spiro atoms. The van der Waals surface area contributed by atoms with E-state index in [1.807, 2.05) is 13.0 Å². The number of nitrogen functional groups attached to an aromatic ring is 1. The number of fused-ring (bicyclic) bond motifs is 1. The number of pyridine rings is 1. The average molecular weight is 284 g/mol. The minimum absolute atomic E-state index is 0.171. The quantitative estimate of drug-likeness (QED) is 0.758. The molecule has 0 radical (unpaired) electrons. The lowest BCUT2D eigenvalue weighted by atomic mass is 10.2. The molecule has 0 aliphatic rings. The molecule has 0 aliphatic heterocycles. The van der Waals surface area contributed by atoms with Crippen molar-refractivity contribution < 1.29 is 4.79 Å². The van der Waals surface area contributed by atoms with Gasteiger partial charge in [-0.15, -0.1) is 0 Å². The number of aromatic nitrogens is 2. The average Bonchev–Trinajstić information content (AvgIpc) is 2.80. The van der Waals surface area contributed by atoms with Crippen LogP contribution in [0.3, 0.4) is 0 Å². The summed E-state index contributed by atoms with van der Waals surface area (Å²) in [4.78, 5) is 20.5. The first-order valence-electron chi connectivity index (χ1n) is 6.02. The largest absolute Gasteiger partial charge is 0.375 e. The lowest BCUT2D eigenvalue weighted by molar-refractivity contribution is 0.102. The molecule has 0 saturated carbocycles. The van der Waals surface area contributed by atoms with Gasteiger partial charge >= 0.3 is 0 Å². The van der Waals surface area contributed by atoms with Crippen molar-refractivity contribution in [3.05, 3.63) is 47.8 Å². The number of benzene rings is 1. The second-order valence-corrected chi connectivity index (χ2v) is 5.39. The highest BCUT2D eigenvalue weighted by Crippen LogP contribution is 2.25. The lowest BCUT2D eigenvalue weighted by Crippen LogP contribution is -2.12. The van der Waals surface area contributed by atoms with Crippen LogP contribution in [0.4, 0.5) is 10.8 Å². The molecule has 0 aliphatic carbocycles. The zero-order chi connectivity index (χ0) is 14.1. The molecule has 3 rings (SSSR count). The number of amides is 1. The minimum atomic E-state index is -0.171. The fourth-order valence-corrected chi connectivity index (χ4v) is 2.67.